The number of rotatable bonds is 6. The Balaban J connectivity index is 1.71. The standard InChI is InChI=1S/C18H15BrN4O3/c19-6-1-7-21-18(26)11-2-4-12(5-3-11)23-14-8-15(24)16-13(17(14)25)9-20-10-22-16/h2-5,8-10,23H,1,6-7H2,(H,21,26). The molecule has 1 aromatic heterocycles. The number of aromatic nitrogens is 2. The maximum absolute atomic E-state index is 12.5. The van der Waals surface area contributed by atoms with Gasteiger partial charge in [-0.1, -0.05) is 15.9 Å². The molecule has 0 aliphatic heterocycles. The Bertz CT molecular complexity index is 894. The molecule has 132 valence electrons. The fourth-order valence-corrected chi connectivity index (χ4v) is 2.71. The number of allylic oxidation sites excluding steroid dienone is 2. The fourth-order valence-electron chi connectivity index (χ4n) is 2.43. The zero-order valence-corrected chi connectivity index (χ0v) is 15.2. The lowest BCUT2D eigenvalue weighted by molar-refractivity contribution is 0.0953. The van der Waals surface area contributed by atoms with Gasteiger partial charge < -0.3 is 10.6 Å². The van der Waals surface area contributed by atoms with Crippen LogP contribution < -0.4 is 10.6 Å². The summed E-state index contributed by atoms with van der Waals surface area (Å²) >= 11 is 3.31. The molecule has 1 aliphatic carbocycles. The van der Waals surface area contributed by atoms with Gasteiger partial charge in [0.1, 0.15) is 12.0 Å². The van der Waals surface area contributed by atoms with Crippen molar-refractivity contribution in [2.75, 3.05) is 17.2 Å². The van der Waals surface area contributed by atoms with Gasteiger partial charge in [0.2, 0.25) is 11.6 Å². The minimum atomic E-state index is -0.354. The Morgan fingerprint density at radius 3 is 2.65 bits per heavy atom. The third-order valence-electron chi connectivity index (χ3n) is 3.73. The maximum Gasteiger partial charge on any atom is 0.251 e. The van der Waals surface area contributed by atoms with Crippen LogP contribution in [-0.4, -0.2) is 39.3 Å². The van der Waals surface area contributed by atoms with Gasteiger partial charge in [0, 0.05) is 35.4 Å². The number of fused-ring (bicyclic) bond motifs is 1. The number of carbonyl (C=O) groups is 3. The second-order valence-corrected chi connectivity index (χ2v) is 6.33. The van der Waals surface area contributed by atoms with Crippen LogP contribution in [0.2, 0.25) is 0 Å². The van der Waals surface area contributed by atoms with Crippen LogP contribution in [0.4, 0.5) is 5.69 Å². The molecule has 8 heteroatoms. The number of amides is 1. The number of nitrogens with one attached hydrogen (secondary N) is 2. The van der Waals surface area contributed by atoms with Crippen molar-refractivity contribution < 1.29 is 14.4 Å². The Morgan fingerprint density at radius 2 is 1.92 bits per heavy atom. The molecule has 0 saturated heterocycles. The first kappa shape index (κ1) is 17.9. The van der Waals surface area contributed by atoms with Gasteiger partial charge in [0.15, 0.2) is 0 Å². The summed E-state index contributed by atoms with van der Waals surface area (Å²) < 4.78 is 0. The summed E-state index contributed by atoms with van der Waals surface area (Å²) in [6.07, 6.45) is 4.63. The van der Waals surface area contributed by atoms with E-state index in [-0.39, 0.29) is 34.4 Å². The number of ketones is 2. The Morgan fingerprint density at radius 1 is 1.15 bits per heavy atom. The van der Waals surface area contributed by atoms with E-state index in [4.69, 9.17) is 0 Å². The third-order valence-corrected chi connectivity index (χ3v) is 4.29. The summed E-state index contributed by atoms with van der Waals surface area (Å²) in [5.41, 5.74) is 1.53. The molecule has 2 N–H and O–H groups in total. The molecule has 0 spiro atoms. The van der Waals surface area contributed by atoms with E-state index in [0.29, 0.717) is 17.8 Å². The van der Waals surface area contributed by atoms with Crippen molar-refractivity contribution in [3.8, 4) is 0 Å². The average molecular weight is 415 g/mol. The van der Waals surface area contributed by atoms with Gasteiger partial charge >= 0.3 is 0 Å². The number of hydrogen-bond donors (Lipinski definition) is 2. The summed E-state index contributed by atoms with van der Waals surface area (Å²) in [5.74, 6) is -0.865. The molecule has 0 radical (unpaired) electrons. The SMILES string of the molecule is O=C(NCCCBr)c1ccc(NC2=CC(=O)c3ncncc3C2=O)cc1. The van der Waals surface area contributed by atoms with Crippen LogP contribution in [0.15, 0.2) is 48.6 Å². The number of halogens is 1. The summed E-state index contributed by atoms with van der Waals surface area (Å²) in [6.45, 7) is 0.592. The Labute approximate surface area is 158 Å². The Kier molecular flexibility index (Phi) is 5.52. The van der Waals surface area contributed by atoms with Crippen molar-refractivity contribution in [3.05, 3.63) is 65.4 Å². The third kappa shape index (κ3) is 3.85. The van der Waals surface area contributed by atoms with Gasteiger partial charge in [-0.15, -0.1) is 0 Å². The van der Waals surface area contributed by atoms with Crippen LogP contribution in [0.5, 0.6) is 0 Å². The van der Waals surface area contributed by atoms with Crippen molar-refractivity contribution in [1.82, 2.24) is 15.3 Å². The normalized spacial score (nSPS) is 13.0. The highest BCUT2D eigenvalue weighted by atomic mass is 79.9. The second kappa shape index (κ2) is 8.01. The van der Waals surface area contributed by atoms with Crippen LogP contribution in [0.3, 0.4) is 0 Å². The first-order valence-corrected chi connectivity index (χ1v) is 9.04. The van der Waals surface area contributed by atoms with Gasteiger partial charge in [-0.05, 0) is 30.7 Å². The summed E-state index contributed by atoms with van der Waals surface area (Å²) in [4.78, 5) is 44.2. The fraction of sp³-hybridized carbons (Fsp3) is 0.167. The quantitative estimate of drug-likeness (QED) is 0.555. The van der Waals surface area contributed by atoms with E-state index >= 15 is 0 Å². The number of carbonyl (C=O) groups excluding carboxylic acids is 3. The van der Waals surface area contributed by atoms with Gasteiger partial charge in [-0.3, -0.25) is 14.4 Å². The van der Waals surface area contributed by atoms with Gasteiger partial charge in [-0.25, -0.2) is 9.97 Å². The first-order chi connectivity index (χ1) is 12.6. The van der Waals surface area contributed by atoms with Crippen LogP contribution in [-0.2, 0) is 0 Å². The van der Waals surface area contributed by atoms with Gasteiger partial charge in [0.25, 0.3) is 5.91 Å². The van der Waals surface area contributed by atoms with E-state index in [9.17, 15) is 14.4 Å². The predicted octanol–water partition coefficient (Wildman–Crippen LogP) is 2.37. The first-order valence-electron chi connectivity index (χ1n) is 7.92. The Hall–Kier alpha value is -2.87. The van der Waals surface area contributed by atoms with E-state index in [1.807, 2.05) is 0 Å². The number of alkyl halides is 1. The van der Waals surface area contributed by atoms with Crippen molar-refractivity contribution in [3.63, 3.8) is 0 Å². The molecule has 3 rings (SSSR count). The minimum Gasteiger partial charge on any atom is -0.352 e. The summed E-state index contributed by atoms with van der Waals surface area (Å²) in [6, 6.07) is 6.65. The number of hydrogen-bond acceptors (Lipinski definition) is 6. The number of Topliss-reactive ketones (excluding diaryl/α,β-unsaturated/α-hetero) is 1. The molecular formula is C18H15BrN4O3. The van der Waals surface area contributed by atoms with Crippen LogP contribution in [0.25, 0.3) is 0 Å². The molecule has 2 aromatic rings. The molecule has 1 amide bonds. The molecule has 1 aliphatic rings. The molecule has 0 bridgehead atoms. The highest BCUT2D eigenvalue weighted by Gasteiger charge is 2.27. The molecule has 0 unspecified atom stereocenters. The molecule has 7 nitrogen and oxygen atoms in total. The lowest BCUT2D eigenvalue weighted by atomic mass is 9.98. The minimum absolute atomic E-state index is 0.103. The largest absolute Gasteiger partial charge is 0.352 e. The molecule has 1 aromatic carbocycles. The van der Waals surface area contributed by atoms with E-state index in [2.05, 4.69) is 36.5 Å². The highest BCUT2D eigenvalue weighted by molar-refractivity contribution is 9.09. The monoisotopic (exact) mass is 414 g/mol. The molecule has 0 atom stereocenters. The molecule has 0 saturated carbocycles. The van der Waals surface area contributed by atoms with E-state index in [0.717, 1.165) is 11.8 Å². The van der Waals surface area contributed by atoms with E-state index in [1.165, 1.54) is 18.6 Å². The second-order valence-electron chi connectivity index (χ2n) is 5.54. The maximum atomic E-state index is 12.5. The van der Waals surface area contributed by atoms with Crippen LogP contribution in [0.1, 0.15) is 37.6 Å². The van der Waals surface area contributed by atoms with Gasteiger partial charge in [-0.2, -0.15) is 0 Å². The lowest BCUT2D eigenvalue weighted by Gasteiger charge is -2.15. The number of anilines is 1. The highest BCUT2D eigenvalue weighted by Crippen LogP contribution is 2.21. The average Bonchev–Trinajstić information content (AvgIpc) is 2.66. The summed E-state index contributed by atoms with van der Waals surface area (Å²) in [5, 5.41) is 6.55. The lowest BCUT2D eigenvalue weighted by Crippen LogP contribution is -2.24. The zero-order valence-electron chi connectivity index (χ0n) is 13.7. The molecular weight excluding hydrogens is 400 g/mol. The number of nitrogens with zero attached hydrogens (tertiary/aromatic N) is 2. The van der Waals surface area contributed by atoms with E-state index < -0.39 is 0 Å². The molecule has 1 heterocycles. The molecule has 0 fully saturated rings. The molecule has 26 heavy (non-hydrogen) atoms. The topological polar surface area (TPSA) is 101 Å². The van der Waals surface area contributed by atoms with Crippen molar-refractivity contribution in [2.45, 2.75) is 6.42 Å². The van der Waals surface area contributed by atoms with E-state index in [1.54, 1.807) is 24.3 Å². The number of benzene rings is 1. The smallest absolute Gasteiger partial charge is 0.251 e. The van der Waals surface area contributed by atoms with Crippen LogP contribution in [0, 0.1) is 0 Å². The van der Waals surface area contributed by atoms with Crippen molar-refractivity contribution >= 4 is 39.1 Å². The zero-order chi connectivity index (χ0) is 18.5. The van der Waals surface area contributed by atoms with Crippen molar-refractivity contribution in [2.24, 2.45) is 0 Å². The van der Waals surface area contributed by atoms with Gasteiger partial charge in [0.05, 0.1) is 11.3 Å². The summed E-state index contributed by atoms with van der Waals surface area (Å²) in [7, 11) is 0. The van der Waals surface area contributed by atoms with Crippen LogP contribution >= 0.6 is 15.9 Å². The predicted molar refractivity (Wildman–Crippen MR) is 99.6 cm³/mol. The van der Waals surface area contributed by atoms with Crippen molar-refractivity contribution in [1.29, 1.82) is 0 Å².